The number of hydrogen-bond donors (Lipinski definition) is 3. The molecule has 0 saturated carbocycles. The van der Waals surface area contributed by atoms with Crippen molar-refractivity contribution in [1.82, 2.24) is 15.2 Å². The number of benzene rings is 1. The Balaban J connectivity index is 1.92. The monoisotopic (exact) mass is 385 g/mol. The maximum atomic E-state index is 11.5. The summed E-state index contributed by atoms with van der Waals surface area (Å²) in [4.78, 5) is 26.9. The Hall–Kier alpha value is -3.33. The molecule has 0 saturated heterocycles. The Morgan fingerprint density at radius 1 is 1.19 bits per heavy atom. The van der Waals surface area contributed by atoms with Crippen LogP contribution in [0.25, 0.3) is 17.4 Å². The van der Waals surface area contributed by atoms with Crippen LogP contribution >= 0.6 is 11.8 Å². The SMILES string of the molecule is Cc1nc(SC(=Cc2ccc(-c3cccc(C(=O)O)c3C)o2)C(=O)O)n[nH]1. The number of aromatic carboxylic acids is 1. The molecule has 9 heteroatoms. The Morgan fingerprint density at radius 2 is 1.96 bits per heavy atom. The van der Waals surface area contributed by atoms with Gasteiger partial charge >= 0.3 is 11.9 Å². The highest BCUT2D eigenvalue weighted by Crippen LogP contribution is 2.30. The van der Waals surface area contributed by atoms with Crippen LogP contribution in [-0.2, 0) is 4.79 Å². The molecule has 0 radical (unpaired) electrons. The number of H-pyrrole nitrogens is 1. The van der Waals surface area contributed by atoms with E-state index in [-0.39, 0.29) is 15.6 Å². The predicted molar refractivity (Wildman–Crippen MR) is 98.4 cm³/mol. The molecule has 0 amide bonds. The van der Waals surface area contributed by atoms with E-state index in [1.165, 1.54) is 12.1 Å². The third-order valence-corrected chi connectivity index (χ3v) is 4.60. The first-order chi connectivity index (χ1) is 12.8. The normalized spacial score (nSPS) is 11.6. The van der Waals surface area contributed by atoms with Crippen molar-refractivity contribution in [1.29, 1.82) is 0 Å². The molecule has 0 spiro atoms. The smallest absolute Gasteiger partial charge is 0.342 e. The van der Waals surface area contributed by atoms with Gasteiger partial charge in [-0.15, -0.1) is 5.10 Å². The van der Waals surface area contributed by atoms with Crippen LogP contribution in [0.4, 0.5) is 0 Å². The Kier molecular flexibility index (Phi) is 5.13. The number of carbonyl (C=O) groups is 2. The fraction of sp³-hybridized carbons (Fsp3) is 0.111. The quantitative estimate of drug-likeness (QED) is 0.433. The fourth-order valence-corrected chi connectivity index (χ4v) is 3.17. The Labute approximate surface area is 157 Å². The average Bonchev–Trinajstić information content (AvgIpc) is 3.23. The lowest BCUT2D eigenvalue weighted by Gasteiger charge is -2.06. The fourth-order valence-electron chi connectivity index (χ4n) is 2.44. The molecule has 3 aromatic rings. The van der Waals surface area contributed by atoms with E-state index in [1.54, 1.807) is 38.1 Å². The largest absolute Gasteiger partial charge is 0.478 e. The summed E-state index contributed by atoms with van der Waals surface area (Å²) in [6, 6.07) is 8.18. The number of carboxylic acid groups (broad SMARTS) is 2. The van der Waals surface area contributed by atoms with Crippen LogP contribution in [0.15, 0.2) is 44.8 Å². The average molecular weight is 385 g/mol. The molecule has 0 atom stereocenters. The second-order valence-corrected chi connectivity index (χ2v) is 6.61. The van der Waals surface area contributed by atoms with Crippen LogP contribution in [0.5, 0.6) is 0 Å². The van der Waals surface area contributed by atoms with Crippen molar-refractivity contribution in [3.8, 4) is 11.3 Å². The lowest BCUT2D eigenvalue weighted by atomic mass is 10.0. The topological polar surface area (TPSA) is 129 Å². The van der Waals surface area contributed by atoms with E-state index in [4.69, 9.17) is 4.42 Å². The van der Waals surface area contributed by atoms with Crippen LogP contribution in [0, 0.1) is 13.8 Å². The Morgan fingerprint density at radius 3 is 2.59 bits per heavy atom. The number of rotatable bonds is 6. The lowest BCUT2D eigenvalue weighted by molar-refractivity contribution is -0.131. The molecule has 0 unspecified atom stereocenters. The van der Waals surface area contributed by atoms with Crippen LogP contribution in [0.3, 0.4) is 0 Å². The van der Waals surface area contributed by atoms with Gasteiger partial charge in [-0.05, 0) is 49.4 Å². The van der Waals surface area contributed by atoms with Crippen LogP contribution in [0.1, 0.15) is 27.5 Å². The zero-order valence-corrected chi connectivity index (χ0v) is 15.2. The first-order valence-electron chi connectivity index (χ1n) is 7.80. The summed E-state index contributed by atoms with van der Waals surface area (Å²) in [7, 11) is 0. The molecule has 138 valence electrons. The van der Waals surface area contributed by atoms with Gasteiger partial charge in [0.05, 0.1) is 5.56 Å². The first-order valence-corrected chi connectivity index (χ1v) is 8.61. The molecule has 0 bridgehead atoms. The van der Waals surface area contributed by atoms with E-state index in [0.29, 0.717) is 28.5 Å². The van der Waals surface area contributed by atoms with Crippen LogP contribution < -0.4 is 0 Å². The number of hydrogen-bond acceptors (Lipinski definition) is 6. The van der Waals surface area contributed by atoms with Crippen LogP contribution in [0.2, 0.25) is 0 Å². The van der Waals surface area contributed by atoms with Gasteiger partial charge in [-0.25, -0.2) is 14.6 Å². The molecule has 0 aliphatic rings. The number of aliphatic carboxylic acids is 1. The van der Waals surface area contributed by atoms with Gasteiger partial charge in [0.15, 0.2) is 0 Å². The maximum Gasteiger partial charge on any atom is 0.342 e. The maximum absolute atomic E-state index is 11.5. The number of thioether (sulfide) groups is 1. The van der Waals surface area contributed by atoms with Crippen molar-refractivity contribution in [2.45, 2.75) is 19.0 Å². The van der Waals surface area contributed by atoms with Crippen LogP contribution in [-0.4, -0.2) is 37.3 Å². The summed E-state index contributed by atoms with van der Waals surface area (Å²) in [5.41, 5.74) is 1.38. The summed E-state index contributed by atoms with van der Waals surface area (Å²) >= 11 is 0.897. The van der Waals surface area contributed by atoms with Gasteiger partial charge in [0, 0.05) is 11.6 Å². The minimum atomic E-state index is -1.13. The molecule has 0 aliphatic carbocycles. The second-order valence-electron chi connectivity index (χ2n) is 5.60. The number of furan rings is 1. The van der Waals surface area contributed by atoms with Gasteiger partial charge in [-0.2, -0.15) is 0 Å². The number of nitrogens with zero attached hydrogens (tertiary/aromatic N) is 2. The summed E-state index contributed by atoms with van der Waals surface area (Å²) in [6.45, 7) is 3.41. The molecule has 0 aliphatic heterocycles. The first kappa shape index (κ1) is 18.5. The molecule has 3 rings (SSSR count). The van der Waals surface area contributed by atoms with Crippen molar-refractivity contribution < 1.29 is 24.2 Å². The van der Waals surface area contributed by atoms with Gasteiger partial charge in [0.2, 0.25) is 5.16 Å². The number of carboxylic acids is 2. The summed E-state index contributed by atoms with van der Waals surface area (Å²) in [6.07, 6.45) is 1.37. The molecule has 0 fully saturated rings. The van der Waals surface area contributed by atoms with Gasteiger partial charge in [-0.1, -0.05) is 12.1 Å². The highest BCUT2D eigenvalue weighted by atomic mass is 32.2. The number of nitrogens with one attached hydrogen (secondary N) is 1. The van der Waals surface area contributed by atoms with Gasteiger partial charge < -0.3 is 14.6 Å². The zero-order valence-electron chi connectivity index (χ0n) is 14.4. The zero-order chi connectivity index (χ0) is 19.6. The molecule has 27 heavy (non-hydrogen) atoms. The third-order valence-electron chi connectivity index (χ3n) is 3.72. The third kappa shape index (κ3) is 4.09. The molecule has 3 N–H and O–H groups in total. The van der Waals surface area contributed by atoms with E-state index in [1.807, 2.05) is 0 Å². The van der Waals surface area contributed by atoms with Gasteiger partial charge in [-0.3, -0.25) is 5.10 Å². The molecule has 2 heterocycles. The van der Waals surface area contributed by atoms with E-state index in [0.717, 1.165) is 11.8 Å². The molecular formula is C18H15N3O5S. The van der Waals surface area contributed by atoms with Crippen molar-refractivity contribution in [3.05, 3.63) is 57.9 Å². The van der Waals surface area contributed by atoms with E-state index < -0.39 is 11.9 Å². The molecule has 8 nitrogen and oxygen atoms in total. The van der Waals surface area contributed by atoms with E-state index in [9.17, 15) is 19.8 Å². The second kappa shape index (κ2) is 7.50. The molecular weight excluding hydrogens is 370 g/mol. The van der Waals surface area contributed by atoms with Gasteiger partial charge in [0.1, 0.15) is 22.3 Å². The summed E-state index contributed by atoms with van der Waals surface area (Å²) in [5.74, 6) is -0.805. The van der Waals surface area contributed by atoms with Gasteiger partial charge in [0.25, 0.3) is 0 Å². The van der Waals surface area contributed by atoms with Crippen molar-refractivity contribution in [2.24, 2.45) is 0 Å². The summed E-state index contributed by atoms with van der Waals surface area (Å²) in [5, 5.41) is 25.5. The molecule has 2 aromatic heterocycles. The predicted octanol–water partition coefficient (Wildman–Crippen LogP) is 3.60. The minimum Gasteiger partial charge on any atom is -0.478 e. The number of aromatic nitrogens is 3. The number of aromatic amines is 1. The Bertz CT molecular complexity index is 1050. The summed E-state index contributed by atoms with van der Waals surface area (Å²) < 4.78 is 5.71. The molecule has 1 aromatic carbocycles. The number of aryl methyl sites for hydroxylation is 1. The van der Waals surface area contributed by atoms with Crippen molar-refractivity contribution in [2.75, 3.05) is 0 Å². The lowest BCUT2D eigenvalue weighted by Crippen LogP contribution is -2.00. The highest BCUT2D eigenvalue weighted by Gasteiger charge is 2.16. The van der Waals surface area contributed by atoms with E-state index >= 15 is 0 Å². The highest BCUT2D eigenvalue weighted by molar-refractivity contribution is 8.04. The van der Waals surface area contributed by atoms with E-state index in [2.05, 4.69) is 15.2 Å². The van der Waals surface area contributed by atoms with Crippen molar-refractivity contribution in [3.63, 3.8) is 0 Å². The minimum absolute atomic E-state index is 0.00842. The van der Waals surface area contributed by atoms with Crippen molar-refractivity contribution >= 4 is 29.8 Å². The standard InChI is InChI=1S/C18H15N3O5S/c1-9-12(4-3-5-13(9)16(22)23)14-7-6-11(26-14)8-15(17(24)25)27-18-19-10(2)20-21-18/h3-8H,1-2H3,(H,22,23)(H,24,25)(H,19,20,21).